The predicted octanol–water partition coefficient (Wildman–Crippen LogP) is 4.23. The number of pyridine rings is 1. The van der Waals surface area contributed by atoms with Crippen molar-refractivity contribution in [2.45, 2.75) is 6.92 Å². The standard InChI is InChI=1S/C18H17NO2/c1-12-6-4-5-7-14(12)15-10-8-13-9-11-16(20-2)18(21-3)17(13)19-15/h4-11H,1-3H3. The Morgan fingerprint density at radius 2 is 1.62 bits per heavy atom. The van der Waals surface area contributed by atoms with Gasteiger partial charge in [0.25, 0.3) is 0 Å². The van der Waals surface area contributed by atoms with Gasteiger partial charge in [0.2, 0.25) is 0 Å². The van der Waals surface area contributed by atoms with Crippen LogP contribution < -0.4 is 9.47 Å². The van der Waals surface area contributed by atoms with Crippen LogP contribution in [0.3, 0.4) is 0 Å². The number of methoxy groups -OCH3 is 2. The molecule has 0 spiro atoms. The maximum absolute atomic E-state index is 5.48. The minimum absolute atomic E-state index is 0.672. The van der Waals surface area contributed by atoms with E-state index in [0.717, 1.165) is 22.2 Å². The summed E-state index contributed by atoms with van der Waals surface area (Å²) in [7, 11) is 3.27. The molecule has 1 heterocycles. The molecule has 0 unspecified atom stereocenters. The van der Waals surface area contributed by atoms with Gasteiger partial charge in [0.15, 0.2) is 11.5 Å². The summed E-state index contributed by atoms with van der Waals surface area (Å²) in [4.78, 5) is 4.78. The van der Waals surface area contributed by atoms with Crippen LogP contribution in [-0.2, 0) is 0 Å². The Kier molecular flexibility index (Phi) is 3.48. The number of nitrogens with zero attached hydrogens (tertiary/aromatic N) is 1. The average molecular weight is 279 g/mol. The molecule has 2 aromatic carbocycles. The highest BCUT2D eigenvalue weighted by Crippen LogP contribution is 2.35. The third-order valence-electron chi connectivity index (χ3n) is 3.62. The summed E-state index contributed by atoms with van der Waals surface area (Å²) in [6.07, 6.45) is 0. The third-order valence-corrected chi connectivity index (χ3v) is 3.62. The van der Waals surface area contributed by atoms with Crippen molar-refractivity contribution in [1.82, 2.24) is 4.98 Å². The number of aryl methyl sites for hydroxylation is 1. The highest BCUT2D eigenvalue weighted by molar-refractivity contribution is 5.89. The lowest BCUT2D eigenvalue weighted by Gasteiger charge is -2.12. The van der Waals surface area contributed by atoms with Gasteiger partial charge in [-0.15, -0.1) is 0 Å². The zero-order valence-corrected chi connectivity index (χ0v) is 12.4. The zero-order valence-electron chi connectivity index (χ0n) is 12.4. The Labute approximate surface area is 124 Å². The number of hydrogen-bond acceptors (Lipinski definition) is 3. The zero-order chi connectivity index (χ0) is 14.8. The van der Waals surface area contributed by atoms with Crippen LogP contribution in [0.1, 0.15) is 5.56 Å². The summed E-state index contributed by atoms with van der Waals surface area (Å²) in [5.41, 5.74) is 4.08. The van der Waals surface area contributed by atoms with E-state index in [1.54, 1.807) is 14.2 Å². The van der Waals surface area contributed by atoms with Gasteiger partial charge in [-0.25, -0.2) is 4.98 Å². The number of benzene rings is 2. The second kappa shape index (κ2) is 5.44. The highest BCUT2D eigenvalue weighted by atomic mass is 16.5. The molecule has 3 rings (SSSR count). The first-order valence-electron chi connectivity index (χ1n) is 6.82. The first kappa shape index (κ1) is 13.4. The van der Waals surface area contributed by atoms with Gasteiger partial charge in [0.05, 0.1) is 19.9 Å². The first-order valence-corrected chi connectivity index (χ1v) is 6.82. The van der Waals surface area contributed by atoms with E-state index in [1.165, 1.54) is 5.56 Å². The van der Waals surface area contributed by atoms with Crippen molar-refractivity contribution in [1.29, 1.82) is 0 Å². The van der Waals surface area contributed by atoms with Crippen LogP contribution in [0.25, 0.3) is 22.2 Å². The molecule has 21 heavy (non-hydrogen) atoms. The van der Waals surface area contributed by atoms with Gasteiger partial charge in [-0.05, 0) is 30.7 Å². The van der Waals surface area contributed by atoms with Crippen LogP contribution in [0.2, 0.25) is 0 Å². The van der Waals surface area contributed by atoms with Crippen molar-refractivity contribution in [3.05, 3.63) is 54.1 Å². The number of fused-ring (bicyclic) bond motifs is 1. The van der Waals surface area contributed by atoms with E-state index >= 15 is 0 Å². The van der Waals surface area contributed by atoms with Crippen molar-refractivity contribution >= 4 is 10.9 Å². The fourth-order valence-electron chi connectivity index (χ4n) is 2.51. The second-order valence-corrected chi connectivity index (χ2v) is 4.88. The van der Waals surface area contributed by atoms with Crippen molar-refractivity contribution in [3.63, 3.8) is 0 Å². The molecule has 1 aromatic heterocycles. The summed E-state index contributed by atoms with van der Waals surface area (Å²) >= 11 is 0. The third kappa shape index (κ3) is 2.31. The fraction of sp³-hybridized carbons (Fsp3) is 0.167. The Morgan fingerprint density at radius 1 is 0.857 bits per heavy atom. The van der Waals surface area contributed by atoms with Crippen LogP contribution in [-0.4, -0.2) is 19.2 Å². The first-order chi connectivity index (χ1) is 10.2. The van der Waals surface area contributed by atoms with Crippen molar-refractivity contribution in [2.24, 2.45) is 0 Å². The molecule has 0 saturated heterocycles. The maximum Gasteiger partial charge on any atom is 0.187 e. The van der Waals surface area contributed by atoms with Crippen LogP contribution in [0, 0.1) is 6.92 Å². The molecule has 0 N–H and O–H groups in total. The molecular formula is C18H17NO2. The van der Waals surface area contributed by atoms with E-state index in [0.29, 0.717) is 11.5 Å². The second-order valence-electron chi connectivity index (χ2n) is 4.88. The Bertz CT molecular complexity index is 796. The van der Waals surface area contributed by atoms with Crippen LogP contribution in [0.15, 0.2) is 48.5 Å². The van der Waals surface area contributed by atoms with E-state index in [4.69, 9.17) is 14.5 Å². The van der Waals surface area contributed by atoms with Crippen LogP contribution >= 0.6 is 0 Å². The van der Waals surface area contributed by atoms with E-state index < -0.39 is 0 Å². The number of aromatic nitrogens is 1. The van der Waals surface area contributed by atoms with Gasteiger partial charge in [0, 0.05) is 10.9 Å². The Balaban J connectivity index is 2.26. The average Bonchev–Trinajstić information content (AvgIpc) is 2.53. The fourth-order valence-corrected chi connectivity index (χ4v) is 2.51. The molecule has 0 amide bonds. The van der Waals surface area contributed by atoms with E-state index in [-0.39, 0.29) is 0 Å². The topological polar surface area (TPSA) is 31.4 Å². The molecule has 106 valence electrons. The summed E-state index contributed by atoms with van der Waals surface area (Å²) in [5, 5.41) is 1.03. The monoisotopic (exact) mass is 279 g/mol. The molecule has 0 aliphatic heterocycles. The molecule has 0 radical (unpaired) electrons. The molecule has 0 saturated carbocycles. The molecule has 0 atom stereocenters. The predicted molar refractivity (Wildman–Crippen MR) is 85.0 cm³/mol. The number of hydrogen-bond donors (Lipinski definition) is 0. The van der Waals surface area contributed by atoms with Gasteiger partial charge in [-0.1, -0.05) is 30.3 Å². The molecule has 0 aliphatic carbocycles. The molecular weight excluding hydrogens is 262 g/mol. The van der Waals surface area contributed by atoms with Crippen molar-refractivity contribution in [3.8, 4) is 22.8 Å². The minimum atomic E-state index is 0.672. The van der Waals surface area contributed by atoms with Gasteiger partial charge < -0.3 is 9.47 Å². The largest absolute Gasteiger partial charge is 0.493 e. The van der Waals surface area contributed by atoms with Crippen LogP contribution in [0.5, 0.6) is 11.5 Å². The smallest absolute Gasteiger partial charge is 0.187 e. The lowest BCUT2D eigenvalue weighted by Crippen LogP contribution is -1.94. The normalized spacial score (nSPS) is 10.6. The summed E-state index contributed by atoms with van der Waals surface area (Å²) in [5.74, 6) is 1.37. The van der Waals surface area contributed by atoms with Crippen molar-refractivity contribution < 1.29 is 9.47 Å². The Hall–Kier alpha value is -2.55. The SMILES string of the molecule is COc1ccc2ccc(-c3ccccc3C)nc2c1OC. The van der Waals surface area contributed by atoms with Gasteiger partial charge in [-0.2, -0.15) is 0 Å². The molecule has 3 aromatic rings. The molecule has 0 fully saturated rings. The van der Waals surface area contributed by atoms with Crippen LogP contribution in [0.4, 0.5) is 0 Å². The molecule has 0 bridgehead atoms. The van der Waals surface area contributed by atoms with Gasteiger partial charge in [0.1, 0.15) is 5.52 Å². The number of ether oxygens (including phenoxy) is 2. The van der Waals surface area contributed by atoms with Crippen molar-refractivity contribution in [2.75, 3.05) is 14.2 Å². The summed E-state index contributed by atoms with van der Waals surface area (Å²) < 4.78 is 10.8. The lowest BCUT2D eigenvalue weighted by atomic mass is 10.0. The van der Waals surface area contributed by atoms with Gasteiger partial charge >= 0.3 is 0 Å². The minimum Gasteiger partial charge on any atom is -0.493 e. The molecule has 0 aliphatic rings. The van der Waals surface area contributed by atoms with Gasteiger partial charge in [-0.3, -0.25) is 0 Å². The number of rotatable bonds is 3. The molecule has 3 nitrogen and oxygen atoms in total. The Morgan fingerprint density at radius 3 is 2.33 bits per heavy atom. The maximum atomic E-state index is 5.48. The quantitative estimate of drug-likeness (QED) is 0.719. The summed E-state index contributed by atoms with van der Waals surface area (Å²) in [6.45, 7) is 2.09. The van der Waals surface area contributed by atoms with E-state index in [9.17, 15) is 0 Å². The van der Waals surface area contributed by atoms with E-state index in [1.807, 2.05) is 30.3 Å². The summed E-state index contributed by atoms with van der Waals surface area (Å²) in [6, 6.07) is 16.2. The lowest BCUT2D eigenvalue weighted by molar-refractivity contribution is 0.358. The highest BCUT2D eigenvalue weighted by Gasteiger charge is 2.12. The molecule has 3 heteroatoms. The van der Waals surface area contributed by atoms with E-state index in [2.05, 4.69) is 25.1 Å².